The summed E-state index contributed by atoms with van der Waals surface area (Å²) >= 11 is 0. The van der Waals surface area contributed by atoms with Crippen LogP contribution < -0.4 is 5.32 Å². The molecule has 0 unspecified atom stereocenters. The fourth-order valence-corrected chi connectivity index (χ4v) is 2.25. The van der Waals surface area contributed by atoms with Gasteiger partial charge in [-0.15, -0.1) is 0 Å². The zero-order valence-corrected chi connectivity index (χ0v) is 11.4. The number of anilines is 1. The maximum absolute atomic E-state index is 13.6. The second-order valence-corrected chi connectivity index (χ2v) is 4.76. The number of aromatic nitrogens is 1. The highest BCUT2D eigenvalue weighted by molar-refractivity contribution is 6.12. The third kappa shape index (κ3) is 2.60. The van der Waals surface area contributed by atoms with E-state index in [0.717, 1.165) is 16.6 Å². The molecule has 21 heavy (non-hydrogen) atoms. The van der Waals surface area contributed by atoms with E-state index < -0.39 is 5.82 Å². The molecule has 104 valence electrons. The molecule has 2 aromatic carbocycles. The normalized spacial score (nSPS) is 10.6. The number of hydrogen-bond donors (Lipinski definition) is 1. The van der Waals surface area contributed by atoms with Gasteiger partial charge in [-0.3, -0.25) is 9.78 Å². The number of halogens is 1. The Bertz CT molecular complexity index is 830. The van der Waals surface area contributed by atoms with Crippen molar-refractivity contribution in [1.29, 1.82) is 0 Å². The minimum absolute atomic E-state index is 0.168. The summed E-state index contributed by atoms with van der Waals surface area (Å²) in [7, 11) is 0. The molecule has 0 bridgehead atoms. The van der Waals surface area contributed by atoms with Crippen molar-refractivity contribution >= 4 is 22.5 Å². The summed E-state index contributed by atoms with van der Waals surface area (Å²) in [6, 6.07) is 15.2. The first-order valence-electron chi connectivity index (χ1n) is 6.57. The van der Waals surface area contributed by atoms with Crippen LogP contribution in [0, 0.1) is 12.7 Å². The van der Waals surface area contributed by atoms with Gasteiger partial charge in [0.25, 0.3) is 5.91 Å². The maximum Gasteiger partial charge on any atom is 0.256 e. The van der Waals surface area contributed by atoms with Crippen molar-refractivity contribution in [3.8, 4) is 0 Å². The Morgan fingerprint density at radius 1 is 1.10 bits per heavy atom. The van der Waals surface area contributed by atoms with Crippen LogP contribution in [0.4, 0.5) is 10.1 Å². The number of pyridine rings is 1. The lowest BCUT2D eigenvalue weighted by Crippen LogP contribution is -2.14. The Morgan fingerprint density at radius 2 is 1.81 bits per heavy atom. The topological polar surface area (TPSA) is 42.0 Å². The summed E-state index contributed by atoms with van der Waals surface area (Å²) in [4.78, 5) is 16.8. The average Bonchev–Trinajstić information content (AvgIpc) is 2.48. The number of amides is 1. The molecule has 0 aliphatic heterocycles. The van der Waals surface area contributed by atoms with Crippen molar-refractivity contribution in [1.82, 2.24) is 4.98 Å². The van der Waals surface area contributed by atoms with Crippen LogP contribution in [0.3, 0.4) is 0 Å². The van der Waals surface area contributed by atoms with E-state index in [4.69, 9.17) is 0 Å². The Morgan fingerprint density at radius 3 is 2.62 bits per heavy atom. The number of carbonyl (C=O) groups is 1. The molecular formula is C17H13FN2O. The highest BCUT2D eigenvalue weighted by atomic mass is 19.1. The number of aryl methyl sites for hydroxylation is 1. The fraction of sp³-hybridized carbons (Fsp3) is 0.0588. The van der Waals surface area contributed by atoms with Gasteiger partial charge in [0.05, 0.1) is 16.8 Å². The summed E-state index contributed by atoms with van der Waals surface area (Å²) in [5, 5.41) is 3.35. The van der Waals surface area contributed by atoms with Gasteiger partial charge >= 0.3 is 0 Å². The number of benzene rings is 2. The maximum atomic E-state index is 13.6. The van der Waals surface area contributed by atoms with E-state index in [1.165, 1.54) is 12.1 Å². The van der Waals surface area contributed by atoms with Crippen molar-refractivity contribution in [3.63, 3.8) is 0 Å². The standard InChI is InChI=1S/C17H13FN2O/c1-11-10-13(12-6-2-4-8-15(12)19-11)17(21)20-16-9-5-3-7-14(16)18/h2-10H,1H3,(H,20,21). The average molecular weight is 280 g/mol. The van der Waals surface area contributed by atoms with Crippen LogP contribution in [-0.4, -0.2) is 10.9 Å². The minimum Gasteiger partial charge on any atom is -0.319 e. The van der Waals surface area contributed by atoms with E-state index in [0.29, 0.717) is 5.56 Å². The molecule has 0 saturated carbocycles. The molecule has 3 nitrogen and oxygen atoms in total. The van der Waals surface area contributed by atoms with Gasteiger partial charge in [-0.25, -0.2) is 4.39 Å². The first-order chi connectivity index (χ1) is 10.1. The van der Waals surface area contributed by atoms with E-state index in [2.05, 4.69) is 10.3 Å². The number of nitrogens with zero attached hydrogens (tertiary/aromatic N) is 1. The van der Waals surface area contributed by atoms with Crippen LogP contribution in [-0.2, 0) is 0 Å². The molecule has 0 spiro atoms. The van der Waals surface area contributed by atoms with Gasteiger partial charge in [-0.1, -0.05) is 30.3 Å². The number of para-hydroxylation sites is 2. The van der Waals surface area contributed by atoms with Crippen molar-refractivity contribution < 1.29 is 9.18 Å². The number of carbonyl (C=O) groups excluding carboxylic acids is 1. The van der Waals surface area contributed by atoms with Gasteiger partial charge in [0.15, 0.2) is 0 Å². The van der Waals surface area contributed by atoms with Crippen molar-refractivity contribution in [2.24, 2.45) is 0 Å². The molecule has 4 heteroatoms. The molecule has 0 atom stereocenters. The lowest BCUT2D eigenvalue weighted by atomic mass is 10.1. The summed E-state index contributed by atoms with van der Waals surface area (Å²) in [6.45, 7) is 1.83. The van der Waals surface area contributed by atoms with E-state index in [-0.39, 0.29) is 11.6 Å². The second-order valence-electron chi connectivity index (χ2n) is 4.76. The van der Waals surface area contributed by atoms with E-state index in [9.17, 15) is 9.18 Å². The molecule has 0 aliphatic carbocycles. The summed E-state index contributed by atoms with van der Waals surface area (Å²) in [6.07, 6.45) is 0. The second kappa shape index (κ2) is 5.32. The number of rotatable bonds is 2. The van der Waals surface area contributed by atoms with Crippen LogP contribution in [0.2, 0.25) is 0 Å². The zero-order valence-electron chi connectivity index (χ0n) is 11.4. The van der Waals surface area contributed by atoms with Crippen LogP contribution in [0.15, 0.2) is 54.6 Å². The molecule has 0 saturated heterocycles. The van der Waals surface area contributed by atoms with E-state index in [1.807, 2.05) is 31.2 Å². The Labute approximate surface area is 121 Å². The van der Waals surface area contributed by atoms with E-state index >= 15 is 0 Å². The lowest BCUT2D eigenvalue weighted by Gasteiger charge is -2.09. The molecule has 1 heterocycles. The first-order valence-corrected chi connectivity index (χ1v) is 6.57. The van der Waals surface area contributed by atoms with Gasteiger partial charge in [0, 0.05) is 11.1 Å². The third-order valence-corrected chi connectivity index (χ3v) is 3.21. The minimum atomic E-state index is -0.457. The van der Waals surface area contributed by atoms with Crippen LogP contribution in [0.25, 0.3) is 10.9 Å². The first kappa shape index (κ1) is 13.2. The van der Waals surface area contributed by atoms with Gasteiger partial charge in [0.1, 0.15) is 5.82 Å². The molecule has 1 aromatic heterocycles. The van der Waals surface area contributed by atoms with Gasteiger partial charge in [0.2, 0.25) is 0 Å². The summed E-state index contributed by atoms with van der Waals surface area (Å²) in [5.41, 5.74) is 2.14. The fourth-order valence-electron chi connectivity index (χ4n) is 2.25. The van der Waals surface area contributed by atoms with Crippen LogP contribution >= 0.6 is 0 Å². The zero-order chi connectivity index (χ0) is 14.8. The molecule has 3 aromatic rings. The number of nitrogens with one attached hydrogen (secondary N) is 1. The lowest BCUT2D eigenvalue weighted by molar-refractivity contribution is 0.102. The molecule has 1 N–H and O–H groups in total. The van der Waals surface area contributed by atoms with Crippen LogP contribution in [0.5, 0.6) is 0 Å². The smallest absolute Gasteiger partial charge is 0.256 e. The predicted octanol–water partition coefficient (Wildman–Crippen LogP) is 3.93. The quantitative estimate of drug-likeness (QED) is 0.772. The Kier molecular flexibility index (Phi) is 3.36. The van der Waals surface area contributed by atoms with Crippen LogP contribution in [0.1, 0.15) is 16.1 Å². The SMILES string of the molecule is Cc1cc(C(=O)Nc2ccccc2F)c2ccccc2n1. The van der Waals surface area contributed by atoms with Gasteiger partial charge in [-0.05, 0) is 31.2 Å². The summed E-state index contributed by atoms with van der Waals surface area (Å²) in [5.74, 6) is -0.803. The molecule has 0 radical (unpaired) electrons. The number of fused-ring (bicyclic) bond motifs is 1. The molecule has 3 rings (SSSR count). The van der Waals surface area contributed by atoms with Gasteiger partial charge < -0.3 is 5.32 Å². The van der Waals surface area contributed by atoms with Crippen molar-refractivity contribution in [2.75, 3.05) is 5.32 Å². The molecule has 0 aliphatic rings. The van der Waals surface area contributed by atoms with Crippen molar-refractivity contribution in [2.45, 2.75) is 6.92 Å². The molecule has 1 amide bonds. The summed E-state index contributed by atoms with van der Waals surface area (Å²) < 4.78 is 13.6. The highest BCUT2D eigenvalue weighted by Gasteiger charge is 2.13. The Hall–Kier alpha value is -2.75. The Balaban J connectivity index is 2.04. The van der Waals surface area contributed by atoms with Crippen molar-refractivity contribution in [3.05, 3.63) is 71.7 Å². The largest absolute Gasteiger partial charge is 0.319 e. The van der Waals surface area contributed by atoms with Gasteiger partial charge in [-0.2, -0.15) is 0 Å². The molecule has 0 fully saturated rings. The molecular weight excluding hydrogens is 267 g/mol. The predicted molar refractivity (Wildman–Crippen MR) is 80.8 cm³/mol. The third-order valence-electron chi connectivity index (χ3n) is 3.21. The highest BCUT2D eigenvalue weighted by Crippen LogP contribution is 2.20. The number of hydrogen-bond acceptors (Lipinski definition) is 2. The monoisotopic (exact) mass is 280 g/mol. The van der Waals surface area contributed by atoms with E-state index in [1.54, 1.807) is 18.2 Å².